The van der Waals surface area contributed by atoms with Crippen LogP contribution in [-0.4, -0.2) is 61.2 Å². The molecular weight excluding hydrogens is 471 g/mol. The van der Waals surface area contributed by atoms with E-state index in [0.29, 0.717) is 34.0 Å². The Bertz CT molecular complexity index is 1760. The number of benzene rings is 1. The Balaban J connectivity index is 1.45. The molecule has 0 radical (unpaired) electrons. The van der Waals surface area contributed by atoms with Gasteiger partial charge >= 0.3 is 0 Å². The van der Waals surface area contributed by atoms with Gasteiger partial charge < -0.3 is 14.6 Å². The maximum absolute atomic E-state index is 14.2. The van der Waals surface area contributed by atoms with Crippen LogP contribution < -0.4 is 4.74 Å². The molecule has 0 aliphatic carbocycles. The lowest BCUT2D eigenvalue weighted by atomic mass is 10.1. The third kappa shape index (κ3) is 4.27. The lowest BCUT2D eigenvalue weighted by molar-refractivity contribution is 0.402. The van der Waals surface area contributed by atoms with E-state index in [1.54, 1.807) is 24.7 Å². The summed E-state index contributed by atoms with van der Waals surface area (Å²) in [4.78, 5) is 23.7. The number of hydrogen-bond donors (Lipinski definition) is 2. The quantitative estimate of drug-likeness (QED) is 0.341. The SMILES string of the molecule is COc1cc(F)cc(-c2nccc3[nH]c(-c4n[nH]c5cnc(-c6cncc(CN(C)C)c6)cc45)nc23)c1. The maximum atomic E-state index is 14.2. The Labute approximate surface area is 211 Å². The molecule has 0 aliphatic rings. The smallest absolute Gasteiger partial charge is 0.159 e. The molecule has 0 amide bonds. The second-order valence-corrected chi connectivity index (χ2v) is 9.03. The number of methoxy groups -OCH3 is 1. The van der Waals surface area contributed by atoms with Crippen molar-refractivity contribution in [3.05, 3.63) is 72.6 Å². The van der Waals surface area contributed by atoms with E-state index in [1.165, 1.54) is 19.2 Å². The van der Waals surface area contributed by atoms with Crippen LogP contribution in [0, 0.1) is 5.82 Å². The average Bonchev–Trinajstić information content (AvgIpc) is 3.51. The lowest BCUT2D eigenvalue weighted by Gasteiger charge is -2.10. The Morgan fingerprint density at radius 2 is 1.84 bits per heavy atom. The predicted octanol–water partition coefficient (Wildman–Crippen LogP) is 4.83. The minimum atomic E-state index is -0.411. The van der Waals surface area contributed by atoms with E-state index in [1.807, 2.05) is 32.4 Å². The summed E-state index contributed by atoms with van der Waals surface area (Å²) in [5.74, 6) is 0.564. The van der Waals surface area contributed by atoms with Crippen molar-refractivity contribution in [3.8, 4) is 39.8 Å². The highest BCUT2D eigenvalue weighted by Gasteiger charge is 2.18. The number of aromatic nitrogens is 7. The first-order valence-corrected chi connectivity index (χ1v) is 11.6. The normalized spacial score (nSPS) is 11.6. The molecule has 2 N–H and O–H groups in total. The van der Waals surface area contributed by atoms with Crippen LogP contribution in [0.1, 0.15) is 5.56 Å². The van der Waals surface area contributed by atoms with Crippen LogP contribution in [0.25, 0.3) is 56.0 Å². The van der Waals surface area contributed by atoms with Gasteiger partial charge in [-0.25, -0.2) is 9.37 Å². The minimum Gasteiger partial charge on any atom is -0.497 e. The highest BCUT2D eigenvalue weighted by Crippen LogP contribution is 2.33. The second-order valence-electron chi connectivity index (χ2n) is 9.03. The van der Waals surface area contributed by atoms with Gasteiger partial charge in [-0.05, 0) is 50.0 Å². The van der Waals surface area contributed by atoms with Crippen molar-refractivity contribution < 1.29 is 9.13 Å². The molecule has 0 unspecified atom stereocenters. The molecule has 0 spiro atoms. The molecule has 0 saturated heterocycles. The number of nitrogens with one attached hydrogen (secondary N) is 2. The number of aromatic amines is 2. The molecule has 5 aromatic heterocycles. The van der Waals surface area contributed by atoms with E-state index >= 15 is 0 Å². The molecule has 0 aliphatic heterocycles. The fraction of sp³-hybridized carbons (Fsp3) is 0.148. The molecule has 9 nitrogen and oxygen atoms in total. The Hall–Kier alpha value is -4.70. The van der Waals surface area contributed by atoms with Crippen LogP contribution in [0.4, 0.5) is 4.39 Å². The summed E-state index contributed by atoms with van der Waals surface area (Å²) in [7, 11) is 5.54. The summed E-state index contributed by atoms with van der Waals surface area (Å²) in [5, 5.41) is 8.42. The zero-order valence-electron chi connectivity index (χ0n) is 20.5. The fourth-order valence-electron chi connectivity index (χ4n) is 4.41. The van der Waals surface area contributed by atoms with Gasteiger partial charge in [-0.3, -0.25) is 20.1 Å². The van der Waals surface area contributed by atoms with Gasteiger partial charge in [0.1, 0.15) is 22.8 Å². The minimum absolute atomic E-state index is 0.409. The molecule has 0 atom stereocenters. The van der Waals surface area contributed by atoms with Crippen molar-refractivity contribution >= 4 is 21.9 Å². The van der Waals surface area contributed by atoms with Gasteiger partial charge in [-0.1, -0.05) is 0 Å². The third-order valence-corrected chi connectivity index (χ3v) is 6.04. The molecule has 6 rings (SSSR count). The summed E-state index contributed by atoms with van der Waals surface area (Å²) in [6.45, 7) is 0.784. The van der Waals surface area contributed by atoms with Crippen molar-refractivity contribution in [2.75, 3.05) is 21.2 Å². The summed E-state index contributed by atoms with van der Waals surface area (Å²) < 4.78 is 19.4. The Kier molecular flexibility index (Phi) is 5.57. The first kappa shape index (κ1) is 22.7. The van der Waals surface area contributed by atoms with E-state index in [9.17, 15) is 4.39 Å². The van der Waals surface area contributed by atoms with Gasteiger partial charge in [0.25, 0.3) is 0 Å². The first-order chi connectivity index (χ1) is 18.0. The third-order valence-electron chi connectivity index (χ3n) is 6.04. The van der Waals surface area contributed by atoms with Crippen LogP contribution in [0.5, 0.6) is 5.75 Å². The number of hydrogen-bond acceptors (Lipinski definition) is 7. The summed E-state index contributed by atoms with van der Waals surface area (Å²) in [5.41, 5.74) is 6.72. The van der Waals surface area contributed by atoms with Gasteiger partial charge in [0.05, 0.1) is 35.7 Å². The van der Waals surface area contributed by atoms with E-state index in [-0.39, 0.29) is 0 Å². The highest BCUT2D eigenvalue weighted by atomic mass is 19.1. The fourth-order valence-corrected chi connectivity index (χ4v) is 4.41. The van der Waals surface area contributed by atoms with Crippen LogP contribution >= 0.6 is 0 Å². The molecule has 0 fully saturated rings. The molecule has 37 heavy (non-hydrogen) atoms. The number of pyridine rings is 3. The Morgan fingerprint density at radius 1 is 0.946 bits per heavy atom. The maximum Gasteiger partial charge on any atom is 0.159 e. The largest absolute Gasteiger partial charge is 0.497 e. The van der Waals surface area contributed by atoms with Crippen molar-refractivity contribution in [1.82, 2.24) is 40.0 Å². The number of halogens is 1. The zero-order valence-corrected chi connectivity index (χ0v) is 20.5. The topological polar surface area (TPSA) is 108 Å². The molecule has 5 heterocycles. The molecule has 184 valence electrons. The van der Waals surface area contributed by atoms with Crippen molar-refractivity contribution in [2.45, 2.75) is 6.54 Å². The zero-order chi connectivity index (χ0) is 25.5. The number of H-pyrrole nitrogens is 2. The highest BCUT2D eigenvalue weighted by molar-refractivity contribution is 5.96. The first-order valence-electron chi connectivity index (χ1n) is 11.6. The molecule has 1 aromatic carbocycles. The number of fused-ring (bicyclic) bond motifs is 2. The van der Waals surface area contributed by atoms with E-state index in [0.717, 1.165) is 39.8 Å². The van der Waals surface area contributed by atoms with Gasteiger partial charge in [-0.2, -0.15) is 5.10 Å². The molecule has 0 saturated carbocycles. The predicted molar refractivity (Wildman–Crippen MR) is 139 cm³/mol. The van der Waals surface area contributed by atoms with Gasteiger partial charge in [0.15, 0.2) is 5.82 Å². The summed E-state index contributed by atoms with van der Waals surface area (Å²) >= 11 is 0. The second kappa shape index (κ2) is 9.07. The van der Waals surface area contributed by atoms with E-state index < -0.39 is 5.82 Å². The number of ether oxygens (including phenoxy) is 1. The van der Waals surface area contributed by atoms with Crippen molar-refractivity contribution in [1.29, 1.82) is 0 Å². The van der Waals surface area contributed by atoms with E-state index in [2.05, 4.69) is 41.1 Å². The van der Waals surface area contributed by atoms with Crippen molar-refractivity contribution in [2.24, 2.45) is 0 Å². The lowest BCUT2D eigenvalue weighted by Crippen LogP contribution is -2.10. The monoisotopic (exact) mass is 494 g/mol. The van der Waals surface area contributed by atoms with Crippen LogP contribution in [-0.2, 0) is 6.54 Å². The summed E-state index contributed by atoms with van der Waals surface area (Å²) in [6, 6.07) is 10.4. The molecule has 0 bridgehead atoms. The standard InChI is InChI=1S/C27H23FN8O/c1-36(2)14-15-6-17(12-29-11-15)22-10-20-23(13-31-22)34-35-25(20)27-32-21-4-5-30-24(26(21)33-27)16-7-18(28)9-19(8-16)37-3/h4-13H,14H2,1-3H3,(H,32,33)(H,34,35). The number of rotatable bonds is 6. The van der Waals surface area contributed by atoms with Crippen LogP contribution in [0.15, 0.2) is 61.2 Å². The Morgan fingerprint density at radius 3 is 2.68 bits per heavy atom. The van der Waals surface area contributed by atoms with Gasteiger partial charge in [0, 0.05) is 47.7 Å². The summed E-state index contributed by atoms with van der Waals surface area (Å²) in [6.07, 6.45) is 7.09. The molecule has 10 heteroatoms. The van der Waals surface area contributed by atoms with Crippen molar-refractivity contribution in [3.63, 3.8) is 0 Å². The van der Waals surface area contributed by atoms with Crippen LogP contribution in [0.3, 0.4) is 0 Å². The van der Waals surface area contributed by atoms with Crippen LogP contribution in [0.2, 0.25) is 0 Å². The van der Waals surface area contributed by atoms with Gasteiger partial charge in [0.2, 0.25) is 0 Å². The van der Waals surface area contributed by atoms with Gasteiger partial charge in [-0.15, -0.1) is 0 Å². The van der Waals surface area contributed by atoms with E-state index in [4.69, 9.17) is 9.72 Å². The molecular formula is C27H23FN8O. The average molecular weight is 495 g/mol. The molecule has 6 aromatic rings. The number of imidazole rings is 1. The number of nitrogens with zero attached hydrogens (tertiary/aromatic N) is 6.